The fraction of sp³-hybridized carbons (Fsp3) is 0.500. The Morgan fingerprint density at radius 1 is 1.65 bits per heavy atom. The van der Waals surface area contributed by atoms with Crippen molar-refractivity contribution in [1.29, 1.82) is 0 Å². The van der Waals surface area contributed by atoms with Crippen LogP contribution in [0.2, 0.25) is 0 Å². The van der Waals surface area contributed by atoms with Gasteiger partial charge in [0, 0.05) is 13.7 Å². The third-order valence-corrected chi connectivity index (χ3v) is 2.78. The quantitative estimate of drug-likeness (QED) is 0.550. The van der Waals surface area contributed by atoms with Crippen molar-refractivity contribution < 1.29 is 9.53 Å². The molecule has 1 atom stereocenters. The first-order valence-electron chi connectivity index (χ1n) is 5.36. The van der Waals surface area contributed by atoms with E-state index < -0.39 is 0 Å². The molecule has 1 unspecified atom stereocenters. The summed E-state index contributed by atoms with van der Waals surface area (Å²) in [6.07, 6.45) is 3.73. The third-order valence-electron chi connectivity index (χ3n) is 2.78. The number of aromatic nitrogens is 2. The molecule has 1 aromatic rings. The van der Waals surface area contributed by atoms with E-state index in [2.05, 4.69) is 15.4 Å². The van der Waals surface area contributed by atoms with Crippen LogP contribution in [0.15, 0.2) is 12.4 Å². The Kier molecular flexibility index (Phi) is 3.50. The largest absolute Gasteiger partial charge is 0.379 e. The molecule has 1 aliphatic rings. The van der Waals surface area contributed by atoms with Crippen molar-refractivity contribution in [1.82, 2.24) is 14.9 Å². The zero-order valence-corrected chi connectivity index (χ0v) is 9.59. The Hall–Kier alpha value is -1.73. The Labute approximate surface area is 98.9 Å². The second-order valence-electron chi connectivity index (χ2n) is 3.87. The third kappa shape index (κ3) is 2.51. The van der Waals surface area contributed by atoms with E-state index >= 15 is 0 Å². The van der Waals surface area contributed by atoms with Gasteiger partial charge in [0.1, 0.15) is 5.69 Å². The zero-order chi connectivity index (χ0) is 12.3. The normalized spacial score (nSPS) is 19.1. The maximum atomic E-state index is 12.1. The van der Waals surface area contributed by atoms with Crippen LogP contribution in [-0.4, -0.2) is 47.1 Å². The number of hydrogen-bond donors (Lipinski definition) is 2. The molecule has 92 valence electrons. The minimum atomic E-state index is -0.176. The molecule has 1 saturated heterocycles. The molecular weight excluding hydrogens is 222 g/mol. The molecular formula is C10H15N5O2. The number of likely N-dealkylation sites (N-methyl/N-ethyl adjacent to an activating group) is 1. The Morgan fingerprint density at radius 3 is 3.12 bits per heavy atom. The molecule has 0 spiro atoms. The van der Waals surface area contributed by atoms with Gasteiger partial charge >= 0.3 is 0 Å². The monoisotopic (exact) mass is 237 g/mol. The molecule has 3 N–H and O–H groups in total. The van der Waals surface area contributed by atoms with Crippen LogP contribution in [0.1, 0.15) is 16.9 Å². The van der Waals surface area contributed by atoms with Crippen molar-refractivity contribution in [3.05, 3.63) is 18.1 Å². The number of nitrogen functional groups attached to an aromatic ring is 1. The van der Waals surface area contributed by atoms with E-state index in [-0.39, 0.29) is 17.6 Å². The van der Waals surface area contributed by atoms with Crippen LogP contribution in [0.25, 0.3) is 0 Å². The Morgan fingerprint density at radius 2 is 2.47 bits per heavy atom. The van der Waals surface area contributed by atoms with E-state index in [9.17, 15) is 4.79 Å². The maximum absolute atomic E-state index is 12.1. The first-order valence-corrected chi connectivity index (χ1v) is 5.36. The van der Waals surface area contributed by atoms with E-state index in [0.29, 0.717) is 19.0 Å². The second kappa shape index (κ2) is 5.07. The highest BCUT2D eigenvalue weighted by Crippen LogP contribution is 2.13. The molecule has 0 saturated carbocycles. The number of nitrogens with one attached hydrogen (secondary N) is 1. The SMILES string of the molecule is CN(C(=O)c1cncc(NN)n1)C1CCOC1. The molecule has 7 heteroatoms. The topological polar surface area (TPSA) is 93.4 Å². The summed E-state index contributed by atoms with van der Waals surface area (Å²) in [7, 11) is 1.74. The Balaban J connectivity index is 2.12. The van der Waals surface area contributed by atoms with Crippen LogP contribution in [-0.2, 0) is 4.74 Å². The lowest BCUT2D eigenvalue weighted by molar-refractivity contribution is 0.0705. The molecule has 1 amide bonds. The van der Waals surface area contributed by atoms with Gasteiger partial charge in [-0.25, -0.2) is 10.8 Å². The first-order chi connectivity index (χ1) is 8.22. The predicted octanol–water partition coefficient (Wildman–Crippen LogP) is -0.377. The highest BCUT2D eigenvalue weighted by molar-refractivity contribution is 5.92. The van der Waals surface area contributed by atoms with E-state index in [1.807, 2.05) is 0 Å². The molecule has 0 radical (unpaired) electrons. The number of nitrogens with zero attached hydrogens (tertiary/aromatic N) is 3. The number of hydrazine groups is 1. The lowest BCUT2D eigenvalue weighted by atomic mass is 10.2. The number of nitrogens with two attached hydrogens (primary N) is 1. The summed E-state index contributed by atoms with van der Waals surface area (Å²) in [6, 6.07) is 0.110. The second-order valence-corrected chi connectivity index (χ2v) is 3.87. The summed E-state index contributed by atoms with van der Waals surface area (Å²) in [5.41, 5.74) is 2.63. The van der Waals surface area contributed by atoms with Gasteiger partial charge in [0.25, 0.3) is 5.91 Å². The first kappa shape index (κ1) is 11.7. The minimum absolute atomic E-state index is 0.110. The average molecular weight is 237 g/mol. The average Bonchev–Trinajstić information content (AvgIpc) is 2.91. The highest BCUT2D eigenvalue weighted by atomic mass is 16.5. The fourth-order valence-corrected chi connectivity index (χ4v) is 1.71. The number of amides is 1. The van der Waals surface area contributed by atoms with Gasteiger partial charge in [-0.2, -0.15) is 0 Å². The number of carbonyl (C=O) groups is 1. The van der Waals surface area contributed by atoms with Crippen LogP contribution in [0, 0.1) is 0 Å². The maximum Gasteiger partial charge on any atom is 0.274 e. The highest BCUT2D eigenvalue weighted by Gasteiger charge is 2.25. The van der Waals surface area contributed by atoms with Crippen LogP contribution in [0.4, 0.5) is 5.82 Å². The predicted molar refractivity (Wildman–Crippen MR) is 61.2 cm³/mol. The molecule has 1 aromatic heterocycles. The van der Waals surface area contributed by atoms with Crippen molar-refractivity contribution in [3.8, 4) is 0 Å². The molecule has 2 heterocycles. The Bertz CT molecular complexity index is 405. The smallest absolute Gasteiger partial charge is 0.274 e. The molecule has 0 bridgehead atoms. The molecule has 1 aliphatic heterocycles. The van der Waals surface area contributed by atoms with Gasteiger partial charge in [-0.05, 0) is 6.42 Å². The number of rotatable bonds is 3. The summed E-state index contributed by atoms with van der Waals surface area (Å²) in [5.74, 6) is 5.41. The van der Waals surface area contributed by atoms with Gasteiger partial charge < -0.3 is 15.1 Å². The van der Waals surface area contributed by atoms with Gasteiger partial charge in [0.2, 0.25) is 0 Å². The van der Waals surface area contributed by atoms with Crippen molar-refractivity contribution >= 4 is 11.7 Å². The van der Waals surface area contributed by atoms with Crippen LogP contribution in [0.3, 0.4) is 0 Å². The number of hydrogen-bond acceptors (Lipinski definition) is 6. The van der Waals surface area contributed by atoms with Gasteiger partial charge in [0.15, 0.2) is 5.82 Å². The number of carbonyl (C=O) groups excluding carboxylic acids is 1. The summed E-state index contributed by atoms with van der Waals surface area (Å²) in [4.78, 5) is 21.7. The van der Waals surface area contributed by atoms with Gasteiger partial charge in [-0.15, -0.1) is 0 Å². The van der Waals surface area contributed by atoms with Crippen molar-refractivity contribution in [2.45, 2.75) is 12.5 Å². The van der Waals surface area contributed by atoms with Crippen LogP contribution < -0.4 is 11.3 Å². The van der Waals surface area contributed by atoms with E-state index in [4.69, 9.17) is 10.6 Å². The van der Waals surface area contributed by atoms with Crippen molar-refractivity contribution in [2.24, 2.45) is 5.84 Å². The van der Waals surface area contributed by atoms with Gasteiger partial charge in [0.05, 0.1) is 25.0 Å². The lowest BCUT2D eigenvalue weighted by Crippen LogP contribution is -2.37. The standard InChI is InChI=1S/C10H15N5O2/c1-15(7-2-3-17-6-7)10(16)8-4-12-5-9(13-8)14-11/h4-5,7H,2-3,6,11H2,1H3,(H,13,14). The van der Waals surface area contributed by atoms with E-state index in [1.165, 1.54) is 12.4 Å². The molecule has 0 aliphatic carbocycles. The molecule has 17 heavy (non-hydrogen) atoms. The van der Waals surface area contributed by atoms with E-state index in [1.54, 1.807) is 11.9 Å². The van der Waals surface area contributed by atoms with E-state index in [0.717, 1.165) is 6.42 Å². The molecule has 0 aromatic carbocycles. The summed E-state index contributed by atoms with van der Waals surface area (Å²) in [5, 5.41) is 0. The minimum Gasteiger partial charge on any atom is -0.379 e. The molecule has 7 nitrogen and oxygen atoms in total. The van der Waals surface area contributed by atoms with Gasteiger partial charge in [-0.1, -0.05) is 0 Å². The van der Waals surface area contributed by atoms with Crippen LogP contribution in [0.5, 0.6) is 0 Å². The zero-order valence-electron chi connectivity index (χ0n) is 9.59. The number of anilines is 1. The van der Waals surface area contributed by atoms with Crippen molar-refractivity contribution in [3.63, 3.8) is 0 Å². The summed E-state index contributed by atoms with van der Waals surface area (Å²) >= 11 is 0. The van der Waals surface area contributed by atoms with Crippen LogP contribution >= 0.6 is 0 Å². The molecule has 1 fully saturated rings. The summed E-state index contributed by atoms with van der Waals surface area (Å²) < 4.78 is 5.25. The molecule has 2 rings (SSSR count). The van der Waals surface area contributed by atoms with Crippen molar-refractivity contribution in [2.75, 3.05) is 25.7 Å². The fourth-order valence-electron chi connectivity index (χ4n) is 1.71. The number of ether oxygens (including phenoxy) is 1. The summed E-state index contributed by atoms with van der Waals surface area (Å²) in [6.45, 7) is 1.27. The lowest BCUT2D eigenvalue weighted by Gasteiger charge is -2.22. The van der Waals surface area contributed by atoms with Gasteiger partial charge in [-0.3, -0.25) is 9.78 Å².